The summed E-state index contributed by atoms with van der Waals surface area (Å²) in [6.45, 7) is 0. The Morgan fingerprint density at radius 1 is 0.320 bits per heavy atom. The largest absolute Gasteiger partial charge is 0.453 e. The molecule has 0 saturated carbocycles. The molecule has 10 aromatic rings. The Hall–Kier alpha value is -6.64. The molecule has 1 heterocycles. The molecule has 9 aromatic carbocycles. The van der Waals surface area contributed by atoms with Gasteiger partial charge in [0, 0.05) is 27.5 Å². The van der Waals surface area contributed by atoms with Crippen LogP contribution in [-0.4, -0.2) is 0 Å². The summed E-state index contributed by atoms with van der Waals surface area (Å²) in [7, 11) is 0. The molecule has 0 aliphatic rings. The van der Waals surface area contributed by atoms with Crippen molar-refractivity contribution in [2.24, 2.45) is 0 Å². The molecule has 0 N–H and O–H groups in total. The molecule has 50 heavy (non-hydrogen) atoms. The quantitative estimate of drug-likeness (QED) is 0.175. The van der Waals surface area contributed by atoms with Gasteiger partial charge >= 0.3 is 0 Å². The number of nitrogens with zero attached hydrogens (tertiary/aromatic N) is 1. The van der Waals surface area contributed by atoms with Crippen molar-refractivity contribution < 1.29 is 4.42 Å². The van der Waals surface area contributed by atoms with Gasteiger partial charge in [0.15, 0.2) is 5.58 Å². The first-order valence-electron chi connectivity index (χ1n) is 17.1. The third kappa shape index (κ3) is 4.57. The SMILES string of the molecule is c1ccc(-c2ccc(N(c3ccc4c(ccc5ccccc54)c3)c3cccc4c3oc3c5ccccc5c(-c5ccccc5)cc43)cc2)cc1. The number of fused-ring (bicyclic) bond motifs is 8. The van der Waals surface area contributed by atoms with Gasteiger partial charge in [0.2, 0.25) is 0 Å². The van der Waals surface area contributed by atoms with Gasteiger partial charge in [0.05, 0.1) is 5.69 Å². The Morgan fingerprint density at radius 2 is 0.900 bits per heavy atom. The van der Waals surface area contributed by atoms with E-state index < -0.39 is 0 Å². The van der Waals surface area contributed by atoms with E-state index in [2.05, 4.69) is 193 Å². The molecule has 234 valence electrons. The lowest BCUT2D eigenvalue weighted by Gasteiger charge is -2.26. The van der Waals surface area contributed by atoms with E-state index in [9.17, 15) is 0 Å². The topological polar surface area (TPSA) is 16.4 Å². The van der Waals surface area contributed by atoms with Crippen LogP contribution >= 0.6 is 0 Å². The van der Waals surface area contributed by atoms with Crippen molar-refractivity contribution in [1.29, 1.82) is 0 Å². The van der Waals surface area contributed by atoms with Crippen molar-refractivity contribution in [3.8, 4) is 22.3 Å². The van der Waals surface area contributed by atoms with Gasteiger partial charge in [-0.05, 0) is 85.6 Å². The number of anilines is 3. The normalized spacial score (nSPS) is 11.6. The summed E-state index contributed by atoms with van der Waals surface area (Å²) in [5, 5.41) is 9.45. The molecule has 0 fully saturated rings. The van der Waals surface area contributed by atoms with Crippen molar-refractivity contribution in [3.05, 3.63) is 188 Å². The van der Waals surface area contributed by atoms with Crippen LogP contribution in [-0.2, 0) is 0 Å². The minimum Gasteiger partial charge on any atom is -0.453 e. The fraction of sp³-hybridized carbons (Fsp3) is 0. The predicted molar refractivity (Wildman–Crippen MR) is 212 cm³/mol. The Morgan fingerprint density at radius 3 is 1.70 bits per heavy atom. The Bertz CT molecular complexity index is 2850. The van der Waals surface area contributed by atoms with Crippen LogP contribution in [0.25, 0.3) is 76.5 Å². The average molecular weight is 638 g/mol. The van der Waals surface area contributed by atoms with E-state index >= 15 is 0 Å². The van der Waals surface area contributed by atoms with E-state index in [0.29, 0.717) is 0 Å². The molecule has 0 bridgehead atoms. The smallest absolute Gasteiger partial charge is 0.159 e. The van der Waals surface area contributed by atoms with Crippen LogP contribution in [0.3, 0.4) is 0 Å². The lowest BCUT2D eigenvalue weighted by atomic mass is 9.95. The van der Waals surface area contributed by atoms with E-state index in [0.717, 1.165) is 44.4 Å². The third-order valence-electron chi connectivity index (χ3n) is 10.0. The zero-order valence-electron chi connectivity index (χ0n) is 27.3. The Labute approximate surface area is 290 Å². The first-order valence-corrected chi connectivity index (χ1v) is 17.1. The molecule has 0 saturated heterocycles. The summed E-state index contributed by atoms with van der Waals surface area (Å²) in [4.78, 5) is 2.34. The van der Waals surface area contributed by atoms with Crippen molar-refractivity contribution in [2.45, 2.75) is 0 Å². The highest BCUT2D eigenvalue weighted by atomic mass is 16.3. The van der Waals surface area contributed by atoms with Crippen LogP contribution in [0.5, 0.6) is 0 Å². The van der Waals surface area contributed by atoms with E-state index in [1.807, 2.05) is 0 Å². The standard InChI is InChI=1S/C48H31NO/c1-3-12-32(13-4-1)33-24-26-37(27-25-33)49(38-28-29-40-36(30-38)23-22-35-16-7-8-17-39(35)40)46-21-11-20-43-45-31-44(34-14-5-2-6-15-34)41-18-9-10-19-42(41)47(45)50-48(43)46/h1-31H. The van der Waals surface area contributed by atoms with Crippen LogP contribution in [0.4, 0.5) is 17.1 Å². The molecule has 0 spiro atoms. The Balaban J connectivity index is 1.22. The molecular weight excluding hydrogens is 607 g/mol. The fourth-order valence-electron chi connectivity index (χ4n) is 7.64. The fourth-order valence-corrected chi connectivity index (χ4v) is 7.64. The third-order valence-corrected chi connectivity index (χ3v) is 10.0. The maximum atomic E-state index is 7.01. The lowest BCUT2D eigenvalue weighted by molar-refractivity contribution is 0.673. The maximum Gasteiger partial charge on any atom is 0.159 e. The van der Waals surface area contributed by atoms with E-state index in [1.165, 1.54) is 49.2 Å². The van der Waals surface area contributed by atoms with E-state index in [-0.39, 0.29) is 0 Å². The molecule has 10 rings (SSSR count). The number of benzene rings is 9. The molecule has 0 amide bonds. The molecule has 1 aromatic heterocycles. The number of hydrogen-bond acceptors (Lipinski definition) is 2. The predicted octanol–water partition coefficient (Wildman–Crippen LogP) is 13.8. The number of hydrogen-bond donors (Lipinski definition) is 0. The van der Waals surface area contributed by atoms with Gasteiger partial charge in [-0.25, -0.2) is 0 Å². The zero-order valence-corrected chi connectivity index (χ0v) is 27.3. The highest BCUT2D eigenvalue weighted by Crippen LogP contribution is 2.46. The summed E-state index contributed by atoms with van der Waals surface area (Å²) >= 11 is 0. The molecule has 0 aliphatic carbocycles. The molecule has 0 atom stereocenters. The van der Waals surface area contributed by atoms with Gasteiger partial charge in [0.1, 0.15) is 5.58 Å². The van der Waals surface area contributed by atoms with Gasteiger partial charge in [-0.3, -0.25) is 0 Å². The van der Waals surface area contributed by atoms with Crippen molar-refractivity contribution in [3.63, 3.8) is 0 Å². The van der Waals surface area contributed by atoms with Gasteiger partial charge in [-0.1, -0.05) is 152 Å². The summed E-state index contributed by atoms with van der Waals surface area (Å²) < 4.78 is 7.01. The summed E-state index contributed by atoms with van der Waals surface area (Å²) in [5.41, 5.74) is 9.68. The molecule has 0 unspecified atom stereocenters. The molecular formula is C48H31NO. The van der Waals surface area contributed by atoms with Crippen molar-refractivity contribution in [2.75, 3.05) is 4.90 Å². The lowest BCUT2D eigenvalue weighted by Crippen LogP contribution is -2.10. The van der Waals surface area contributed by atoms with E-state index in [4.69, 9.17) is 4.42 Å². The second-order valence-corrected chi connectivity index (χ2v) is 12.9. The minimum atomic E-state index is 0.864. The van der Waals surface area contributed by atoms with Gasteiger partial charge < -0.3 is 9.32 Å². The number of furan rings is 1. The first kappa shape index (κ1) is 28.4. The second kappa shape index (κ2) is 11.5. The summed E-state index contributed by atoms with van der Waals surface area (Å²) in [5.74, 6) is 0. The summed E-state index contributed by atoms with van der Waals surface area (Å²) in [6.07, 6.45) is 0. The van der Waals surface area contributed by atoms with E-state index in [1.54, 1.807) is 0 Å². The molecule has 2 heteroatoms. The first-order chi connectivity index (χ1) is 24.8. The molecule has 0 radical (unpaired) electrons. The van der Waals surface area contributed by atoms with Crippen LogP contribution < -0.4 is 4.90 Å². The molecule has 2 nitrogen and oxygen atoms in total. The van der Waals surface area contributed by atoms with Gasteiger partial charge in [-0.15, -0.1) is 0 Å². The van der Waals surface area contributed by atoms with Crippen molar-refractivity contribution >= 4 is 71.3 Å². The molecule has 0 aliphatic heterocycles. The number of para-hydroxylation sites is 1. The van der Waals surface area contributed by atoms with Crippen LogP contribution in [0.2, 0.25) is 0 Å². The van der Waals surface area contributed by atoms with Crippen LogP contribution in [0, 0.1) is 0 Å². The average Bonchev–Trinajstić information content (AvgIpc) is 3.58. The van der Waals surface area contributed by atoms with Crippen LogP contribution in [0.15, 0.2) is 192 Å². The number of rotatable bonds is 5. The maximum absolute atomic E-state index is 7.01. The monoisotopic (exact) mass is 637 g/mol. The second-order valence-electron chi connectivity index (χ2n) is 12.9. The van der Waals surface area contributed by atoms with Crippen LogP contribution in [0.1, 0.15) is 0 Å². The minimum absolute atomic E-state index is 0.864. The van der Waals surface area contributed by atoms with Crippen molar-refractivity contribution in [1.82, 2.24) is 0 Å². The Kier molecular flexibility index (Phi) is 6.53. The zero-order chi connectivity index (χ0) is 33.0. The highest BCUT2D eigenvalue weighted by Gasteiger charge is 2.22. The van der Waals surface area contributed by atoms with Gasteiger partial charge in [-0.2, -0.15) is 0 Å². The summed E-state index contributed by atoms with van der Waals surface area (Å²) in [6, 6.07) is 67.3. The van der Waals surface area contributed by atoms with Gasteiger partial charge in [0.25, 0.3) is 0 Å². The highest BCUT2D eigenvalue weighted by molar-refractivity contribution is 6.21.